The fraction of sp³-hybridized carbons (Fsp3) is 0. The van der Waals surface area contributed by atoms with E-state index >= 15 is 0 Å². The van der Waals surface area contributed by atoms with Crippen molar-refractivity contribution in [3.05, 3.63) is 83.0 Å². The average Bonchev–Trinajstić information content (AvgIpc) is 2.64. The van der Waals surface area contributed by atoms with Crippen LogP contribution in [0.1, 0.15) is 10.4 Å². The van der Waals surface area contributed by atoms with Crippen molar-refractivity contribution in [1.82, 2.24) is 4.98 Å². The topological polar surface area (TPSA) is 88.2 Å². The summed E-state index contributed by atoms with van der Waals surface area (Å²) in [6, 6.07) is 17.7. The first-order chi connectivity index (χ1) is 12.4. The average molecular weight is 432 g/mol. The van der Waals surface area contributed by atoms with Crippen molar-refractivity contribution in [3.8, 4) is 0 Å². The molecule has 2 N–H and O–H groups in total. The minimum absolute atomic E-state index is 0.00547. The molecular formula is C18H14BrN3O3S. The number of pyridine rings is 1. The predicted molar refractivity (Wildman–Crippen MR) is 104 cm³/mol. The SMILES string of the molecule is O=C(Nc1ccccn1)c1cccc(S(=O)(=O)Nc2ccc(Br)cc2)c1. The molecular weight excluding hydrogens is 418 g/mol. The van der Waals surface area contributed by atoms with E-state index in [0.29, 0.717) is 11.5 Å². The molecule has 0 atom stereocenters. The van der Waals surface area contributed by atoms with Crippen molar-refractivity contribution < 1.29 is 13.2 Å². The van der Waals surface area contributed by atoms with E-state index < -0.39 is 15.9 Å². The number of anilines is 2. The lowest BCUT2D eigenvalue weighted by molar-refractivity contribution is 0.102. The van der Waals surface area contributed by atoms with E-state index in [4.69, 9.17) is 0 Å². The number of aromatic nitrogens is 1. The molecule has 0 aliphatic heterocycles. The van der Waals surface area contributed by atoms with Gasteiger partial charge in [-0.3, -0.25) is 9.52 Å². The monoisotopic (exact) mass is 431 g/mol. The van der Waals surface area contributed by atoms with Gasteiger partial charge in [-0.15, -0.1) is 0 Å². The Balaban J connectivity index is 1.81. The summed E-state index contributed by atoms with van der Waals surface area (Å²) >= 11 is 3.30. The highest BCUT2D eigenvalue weighted by atomic mass is 79.9. The first kappa shape index (κ1) is 18.1. The molecule has 0 aliphatic carbocycles. The van der Waals surface area contributed by atoms with Crippen LogP contribution in [0.4, 0.5) is 11.5 Å². The third-order valence-electron chi connectivity index (χ3n) is 3.41. The summed E-state index contributed by atoms with van der Waals surface area (Å²) in [4.78, 5) is 16.3. The van der Waals surface area contributed by atoms with Gasteiger partial charge in [-0.2, -0.15) is 0 Å². The van der Waals surface area contributed by atoms with Crippen LogP contribution in [0.25, 0.3) is 0 Å². The standard InChI is InChI=1S/C18H14BrN3O3S/c19-14-7-9-15(10-8-14)22-26(24,25)16-5-3-4-13(12-16)18(23)21-17-6-1-2-11-20-17/h1-12,22H,(H,20,21,23). The molecule has 3 aromatic rings. The number of carbonyl (C=O) groups is 1. The number of carbonyl (C=O) groups excluding carboxylic acids is 1. The lowest BCUT2D eigenvalue weighted by Crippen LogP contribution is -2.16. The molecule has 132 valence electrons. The van der Waals surface area contributed by atoms with Crippen molar-refractivity contribution in [2.75, 3.05) is 10.0 Å². The fourth-order valence-corrected chi connectivity index (χ4v) is 3.53. The van der Waals surface area contributed by atoms with Crippen molar-refractivity contribution in [3.63, 3.8) is 0 Å². The number of rotatable bonds is 5. The molecule has 0 aliphatic rings. The van der Waals surface area contributed by atoms with Crippen LogP contribution < -0.4 is 10.0 Å². The number of amides is 1. The molecule has 0 saturated carbocycles. The Labute approximate surface area is 159 Å². The molecule has 0 unspecified atom stereocenters. The molecule has 6 nitrogen and oxygen atoms in total. The summed E-state index contributed by atoms with van der Waals surface area (Å²) in [5, 5.41) is 2.62. The Kier molecular flexibility index (Phi) is 5.34. The van der Waals surface area contributed by atoms with Crippen molar-refractivity contribution in [2.24, 2.45) is 0 Å². The summed E-state index contributed by atoms with van der Waals surface area (Å²) in [5.74, 6) is -0.0526. The van der Waals surface area contributed by atoms with Gasteiger partial charge in [-0.1, -0.05) is 28.1 Å². The van der Waals surface area contributed by atoms with E-state index in [1.807, 2.05) is 0 Å². The normalized spacial score (nSPS) is 11.0. The highest BCUT2D eigenvalue weighted by Crippen LogP contribution is 2.19. The molecule has 0 radical (unpaired) electrons. The van der Waals surface area contributed by atoms with E-state index in [-0.39, 0.29) is 10.5 Å². The smallest absolute Gasteiger partial charge is 0.261 e. The van der Waals surface area contributed by atoms with Crippen LogP contribution in [0.5, 0.6) is 0 Å². The Hall–Kier alpha value is -2.71. The molecule has 0 saturated heterocycles. The van der Waals surface area contributed by atoms with E-state index in [2.05, 4.69) is 31.0 Å². The molecule has 0 bridgehead atoms. The number of nitrogens with one attached hydrogen (secondary N) is 2. The summed E-state index contributed by atoms with van der Waals surface area (Å²) < 4.78 is 28.4. The Bertz CT molecular complexity index is 1020. The van der Waals surface area contributed by atoms with Crippen molar-refractivity contribution in [2.45, 2.75) is 4.90 Å². The molecule has 0 spiro atoms. The molecule has 1 aromatic heterocycles. The van der Waals surface area contributed by atoms with Crippen molar-refractivity contribution in [1.29, 1.82) is 0 Å². The van der Waals surface area contributed by atoms with E-state index in [1.165, 1.54) is 24.3 Å². The van der Waals surface area contributed by atoms with E-state index in [9.17, 15) is 13.2 Å². The fourth-order valence-electron chi connectivity index (χ4n) is 2.16. The van der Waals surface area contributed by atoms with Gasteiger partial charge < -0.3 is 5.32 Å². The first-order valence-corrected chi connectivity index (χ1v) is 9.82. The van der Waals surface area contributed by atoms with Gasteiger partial charge in [0.05, 0.1) is 4.90 Å². The van der Waals surface area contributed by atoms with Gasteiger partial charge in [0.1, 0.15) is 5.82 Å². The summed E-state index contributed by atoms with van der Waals surface area (Å²) in [6.07, 6.45) is 1.55. The number of benzene rings is 2. The Morgan fingerprint density at radius 1 is 0.962 bits per heavy atom. The van der Waals surface area contributed by atoms with Crippen LogP contribution in [-0.2, 0) is 10.0 Å². The minimum Gasteiger partial charge on any atom is -0.307 e. The second kappa shape index (κ2) is 7.67. The van der Waals surface area contributed by atoms with Gasteiger partial charge in [0.25, 0.3) is 15.9 Å². The van der Waals surface area contributed by atoms with Gasteiger partial charge in [0, 0.05) is 21.9 Å². The van der Waals surface area contributed by atoms with Crippen LogP contribution in [0.3, 0.4) is 0 Å². The lowest BCUT2D eigenvalue weighted by Gasteiger charge is -2.10. The number of nitrogens with zero attached hydrogens (tertiary/aromatic N) is 1. The van der Waals surface area contributed by atoms with E-state index in [0.717, 1.165) is 4.47 Å². The zero-order chi connectivity index (χ0) is 18.6. The van der Waals surface area contributed by atoms with Gasteiger partial charge in [0.2, 0.25) is 0 Å². The summed E-state index contributed by atoms with van der Waals surface area (Å²) in [6.45, 7) is 0. The largest absolute Gasteiger partial charge is 0.307 e. The van der Waals surface area contributed by atoms with Crippen LogP contribution in [0.2, 0.25) is 0 Å². The molecule has 8 heteroatoms. The van der Waals surface area contributed by atoms with Gasteiger partial charge in [-0.05, 0) is 54.6 Å². The minimum atomic E-state index is -3.82. The van der Waals surface area contributed by atoms with Gasteiger partial charge in [0.15, 0.2) is 0 Å². The number of halogens is 1. The van der Waals surface area contributed by atoms with Gasteiger partial charge in [-0.25, -0.2) is 13.4 Å². The van der Waals surface area contributed by atoms with Crippen LogP contribution >= 0.6 is 15.9 Å². The predicted octanol–water partition coefficient (Wildman–Crippen LogP) is 3.90. The molecule has 3 rings (SSSR count). The maximum absolute atomic E-state index is 12.6. The first-order valence-electron chi connectivity index (χ1n) is 7.55. The maximum atomic E-state index is 12.6. The number of hydrogen-bond donors (Lipinski definition) is 2. The molecule has 0 fully saturated rings. The zero-order valence-electron chi connectivity index (χ0n) is 13.4. The highest BCUT2D eigenvalue weighted by Gasteiger charge is 2.17. The number of sulfonamides is 1. The molecule has 2 aromatic carbocycles. The van der Waals surface area contributed by atoms with Crippen LogP contribution in [-0.4, -0.2) is 19.3 Å². The Morgan fingerprint density at radius 2 is 1.73 bits per heavy atom. The third kappa shape index (κ3) is 4.47. The molecule has 1 heterocycles. The van der Waals surface area contributed by atoms with Crippen LogP contribution in [0, 0.1) is 0 Å². The van der Waals surface area contributed by atoms with Gasteiger partial charge >= 0.3 is 0 Å². The Morgan fingerprint density at radius 3 is 2.42 bits per heavy atom. The van der Waals surface area contributed by atoms with Crippen molar-refractivity contribution >= 4 is 43.4 Å². The van der Waals surface area contributed by atoms with Crippen LogP contribution in [0.15, 0.2) is 82.3 Å². The number of hydrogen-bond acceptors (Lipinski definition) is 4. The second-order valence-corrected chi connectivity index (χ2v) is 7.91. The summed E-state index contributed by atoms with van der Waals surface area (Å²) in [7, 11) is -3.82. The third-order valence-corrected chi connectivity index (χ3v) is 5.32. The second-order valence-electron chi connectivity index (χ2n) is 5.31. The van der Waals surface area contributed by atoms with E-state index in [1.54, 1.807) is 48.7 Å². The zero-order valence-corrected chi connectivity index (χ0v) is 15.8. The maximum Gasteiger partial charge on any atom is 0.261 e. The lowest BCUT2D eigenvalue weighted by atomic mass is 10.2. The molecule has 1 amide bonds. The summed E-state index contributed by atoms with van der Waals surface area (Å²) in [5.41, 5.74) is 0.644. The quantitative estimate of drug-likeness (QED) is 0.640. The highest BCUT2D eigenvalue weighted by molar-refractivity contribution is 9.10. The molecule has 26 heavy (non-hydrogen) atoms.